The monoisotopic (exact) mass is 359 g/mol. The van der Waals surface area contributed by atoms with Crippen molar-refractivity contribution in [3.63, 3.8) is 0 Å². The molecule has 4 nitrogen and oxygen atoms in total. The molecule has 0 bridgehead atoms. The third-order valence-corrected chi connectivity index (χ3v) is 4.70. The normalized spacial score (nSPS) is 20.7. The van der Waals surface area contributed by atoms with E-state index < -0.39 is 5.60 Å². The van der Waals surface area contributed by atoms with Crippen LogP contribution in [-0.2, 0) is 20.7 Å². The summed E-state index contributed by atoms with van der Waals surface area (Å²) in [6, 6.07) is 10.2. The van der Waals surface area contributed by atoms with Crippen molar-refractivity contribution < 1.29 is 14.3 Å². The highest BCUT2D eigenvalue weighted by Crippen LogP contribution is 2.35. The van der Waals surface area contributed by atoms with E-state index in [0.717, 1.165) is 6.42 Å². The highest BCUT2D eigenvalue weighted by molar-refractivity contribution is 5.90. The van der Waals surface area contributed by atoms with Crippen LogP contribution in [0.25, 0.3) is 0 Å². The predicted molar refractivity (Wildman–Crippen MR) is 104 cm³/mol. The van der Waals surface area contributed by atoms with Gasteiger partial charge in [0.25, 0.3) is 5.91 Å². The van der Waals surface area contributed by atoms with Gasteiger partial charge in [-0.25, -0.2) is 0 Å². The summed E-state index contributed by atoms with van der Waals surface area (Å²) in [6.45, 7) is 11.5. The van der Waals surface area contributed by atoms with E-state index in [4.69, 9.17) is 4.74 Å². The Kier molecular flexibility index (Phi) is 6.48. The van der Waals surface area contributed by atoms with E-state index in [1.165, 1.54) is 5.56 Å². The van der Waals surface area contributed by atoms with Gasteiger partial charge in [-0.1, -0.05) is 65.0 Å². The number of esters is 1. The molecule has 0 aliphatic carbocycles. The van der Waals surface area contributed by atoms with Gasteiger partial charge in [-0.15, -0.1) is 0 Å². The minimum absolute atomic E-state index is 0.0237. The van der Waals surface area contributed by atoms with Crippen LogP contribution in [-0.4, -0.2) is 35.5 Å². The van der Waals surface area contributed by atoms with E-state index in [-0.39, 0.29) is 23.2 Å². The van der Waals surface area contributed by atoms with Crippen LogP contribution in [0.3, 0.4) is 0 Å². The molecule has 2 rings (SSSR count). The summed E-state index contributed by atoms with van der Waals surface area (Å²) >= 11 is 0. The van der Waals surface area contributed by atoms with Crippen molar-refractivity contribution >= 4 is 11.9 Å². The molecule has 1 aromatic rings. The Morgan fingerprint density at radius 2 is 1.88 bits per heavy atom. The van der Waals surface area contributed by atoms with Gasteiger partial charge in [-0.05, 0) is 29.7 Å². The first-order chi connectivity index (χ1) is 12.1. The number of rotatable bonds is 7. The maximum atomic E-state index is 13.1. The summed E-state index contributed by atoms with van der Waals surface area (Å²) in [6.07, 6.45) is 2.32. The van der Waals surface area contributed by atoms with Gasteiger partial charge in [0.1, 0.15) is 0 Å². The van der Waals surface area contributed by atoms with E-state index in [1.807, 2.05) is 43.9 Å². The molecule has 1 heterocycles. The summed E-state index contributed by atoms with van der Waals surface area (Å²) in [5, 5.41) is 0. The third kappa shape index (κ3) is 5.58. The van der Waals surface area contributed by atoms with Crippen LogP contribution in [0.15, 0.2) is 30.3 Å². The second-order valence-corrected chi connectivity index (χ2v) is 9.08. The number of ether oxygens (including phenoxy) is 1. The molecule has 1 atom stereocenters. The molecule has 0 radical (unpaired) electrons. The summed E-state index contributed by atoms with van der Waals surface area (Å²) in [4.78, 5) is 27.4. The first-order valence-electron chi connectivity index (χ1n) is 9.66. The van der Waals surface area contributed by atoms with Crippen molar-refractivity contribution in [2.75, 3.05) is 13.1 Å². The van der Waals surface area contributed by atoms with Gasteiger partial charge < -0.3 is 9.64 Å². The molecule has 0 saturated carbocycles. The minimum Gasteiger partial charge on any atom is -0.449 e. The Morgan fingerprint density at radius 1 is 1.23 bits per heavy atom. The SMILES string of the molecule is CC(C)CC1(OC(=O)CC(C)(C)C)CCN(CCc2ccccc2)C1=O. The van der Waals surface area contributed by atoms with Crippen LogP contribution in [0.2, 0.25) is 0 Å². The highest BCUT2D eigenvalue weighted by atomic mass is 16.6. The molecule has 26 heavy (non-hydrogen) atoms. The molecular formula is C22H33NO3. The van der Waals surface area contributed by atoms with Crippen molar-refractivity contribution in [3.05, 3.63) is 35.9 Å². The Labute approximate surface area is 157 Å². The first-order valence-corrected chi connectivity index (χ1v) is 9.66. The molecule has 0 spiro atoms. The number of hydrogen-bond acceptors (Lipinski definition) is 3. The highest BCUT2D eigenvalue weighted by Gasteiger charge is 2.50. The Morgan fingerprint density at radius 3 is 2.46 bits per heavy atom. The minimum atomic E-state index is -0.979. The zero-order valence-electron chi connectivity index (χ0n) is 16.9. The molecule has 0 N–H and O–H groups in total. The molecule has 1 aliphatic heterocycles. The number of carbonyl (C=O) groups is 2. The molecule has 1 aliphatic rings. The van der Waals surface area contributed by atoms with E-state index >= 15 is 0 Å². The molecule has 1 fully saturated rings. The van der Waals surface area contributed by atoms with E-state index in [0.29, 0.717) is 32.4 Å². The van der Waals surface area contributed by atoms with Gasteiger partial charge in [0, 0.05) is 19.5 Å². The van der Waals surface area contributed by atoms with Crippen molar-refractivity contribution in [1.82, 2.24) is 4.90 Å². The van der Waals surface area contributed by atoms with Crippen LogP contribution in [0, 0.1) is 11.3 Å². The summed E-state index contributed by atoms with van der Waals surface area (Å²) in [5.41, 5.74) is 0.0872. The van der Waals surface area contributed by atoms with Crippen molar-refractivity contribution in [3.8, 4) is 0 Å². The van der Waals surface area contributed by atoms with Gasteiger partial charge in [0.2, 0.25) is 0 Å². The fourth-order valence-electron chi connectivity index (χ4n) is 3.61. The predicted octanol–water partition coefficient (Wildman–Crippen LogP) is 4.23. The van der Waals surface area contributed by atoms with Crippen molar-refractivity contribution in [1.29, 1.82) is 0 Å². The van der Waals surface area contributed by atoms with Crippen LogP contribution < -0.4 is 0 Å². The van der Waals surface area contributed by atoms with E-state index in [9.17, 15) is 9.59 Å². The van der Waals surface area contributed by atoms with Crippen LogP contribution >= 0.6 is 0 Å². The fraction of sp³-hybridized carbons (Fsp3) is 0.636. The molecule has 0 aromatic heterocycles. The molecule has 1 unspecified atom stereocenters. The molecule has 1 saturated heterocycles. The average Bonchev–Trinajstić information content (AvgIpc) is 2.80. The maximum absolute atomic E-state index is 13.1. The smallest absolute Gasteiger partial charge is 0.307 e. The second-order valence-electron chi connectivity index (χ2n) is 9.08. The third-order valence-electron chi connectivity index (χ3n) is 4.70. The summed E-state index contributed by atoms with van der Waals surface area (Å²) in [5.74, 6) is -0.00346. The van der Waals surface area contributed by atoms with Crippen LogP contribution in [0.1, 0.15) is 59.4 Å². The van der Waals surface area contributed by atoms with Gasteiger partial charge in [0.15, 0.2) is 5.60 Å². The van der Waals surface area contributed by atoms with Crippen molar-refractivity contribution in [2.24, 2.45) is 11.3 Å². The molecular weight excluding hydrogens is 326 g/mol. The standard InChI is InChI=1S/C22H33NO3/c1-17(2)15-22(26-19(24)16-21(3,4)5)12-14-23(20(22)25)13-11-18-9-7-6-8-10-18/h6-10,17H,11-16H2,1-5H3. The van der Waals surface area contributed by atoms with Gasteiger partial charge in [-0.3, -0.25) is 9.59 Å². The van der Waals surface area contributed by atoms with Crippen LogP contribution in [0.4, 0.5) is 0 Å². The number of benzene rings is 1. The summed E-state index contributed by atoms with van der Waals surface area (Å²) < 4.78 is 5.85. The van der Waals surface area contributed by atoms with Gasteiger partial charge >= 0.3 is 5.97 Å². The largest absolute Gasteiger partial charge is 0.449 e. The number of nitrogens with zero attached hydrogens (tertiary/aromatic N) is 1. The number of carbonyl (C=O) groups excluding carboxylic acids is 2. The molecule has 144 valence electrons. The Balaban J connectivity index is 2.06. The number of hydrogen-bond donors (Lipinski definition) is 0. The second kappa shape index (κ2) is 8.24. The maximum Gasteiger partial charge on any atom is 0.307 e. The lowest BCUT2D eigenvalue weighted by atomic mass is 9.89. The molecule has 1 amide bonds. The van der Waals surface area contributed by atoms with E-state index in [1.54, 1.807) is 0 Å². The Bertz CT molecular complexity index is 618. The Hall–Kier alpha value is -1.84. The quantitative estimate of drug-likeness (QED) is 0.685. The lowest BCUT2D eigenvalue weighted by molar-refractivity contribution is -0.171. The van der Waals surface area contributed by atoms with Crippen molar-refractivity contribution in [2.45, 2.75) is 65.9 Å². The topological polar surface area (TPSA) is 46.6 Å². The van der Waals surface area contributed by atoms with E-state index in [2.05, 4.69) is 26.0 Å². The first kappa shape index (κ1) is 20.5. The van der Waals surface area contributed by atoms with Gasteiger partial charge in [0.05, 0.1) is 6.42 Å². The van der Waals surface area contributed by atoms with Gasteiger partial charge in [-0.2, -0.15) is 0 Å². The number of amides is 1. The lowest BCUT2D eigenvalue weighted by Crippen LogP contribution is -2.45. The zero-order valence-corrected chi connectivity index (χ0v) is 16.9. The van der Waals surface area contributed by atoms with Crippen LogP contribution in [0.5, 0.6) is 0 Å². The summed E-state index contributed by atoms with van der Waals surface area (Å²) in [7, 11) is 0. The lowest BCUT2D eigenvalue weighted by Gasteiger charge is -2.31. The fourth-order valence-corrected chi connectivity index (χ4v) is 3.61. The molecule has 1 aromatic carbocycles. The zero-order chi connectivity index (χ0) is 19.4. The average molecular weight is 360 g/mol. The molecule has 4 heteroatoms. The number of likely N-dealkylation sites (tertiary alicyclic amines) is 1.